The van der Waals surface area contributed by atoms with Crippen LogP contribution in [0.5, 0.6) is 0 Å². The number of hydrogen-bond donors (Lipinski definition) is 1. The van der Waals surface area contributed by atoms with Gasteiger partial charge >= 0.3 is 0 Å². The summed E-state index contributed by atoms with van der Waals surface area (Å²) in [5.41, 5.74) is 2.01. The van der Waals surface area contributed by atoms with Crippen LogP contribution >= 0.6 is 0 Å². The van der Waals surface area contributed by atoms with E-state index in [-0.39, 0.29) is 11.8 Å². The molecule has 2 rings (SSSR count). The van der Waals surface area contributed by atoms with Crippen LogP contribution in [0.3, 0.4) is 0 Å². The Morgan fingerprint density at radius 3 is 2.76 bits per heavy atom. The predicted octanol–water partition coefficient (Wildman–Crippen LogP) is 2.55. The van der Waals surface area contributed by atoms with Crippen LogP contribution in [0.4, 0.5) is 5.69 Å². The third-order valence-electron chi connectivity index (χ3n) is 3.89. The molecule has 21 heavy (non-hydrogen) atoms. The minimum absolute atomic E-state index is 0.0444. The van der Waals surface area contributed by atoms with Gasteiger partial charge in [0.05, 0.1) is 11.4 Å². The summed E-state index contributed by atoms with van der Waals surface area (Å²) >= 11 is 0. The normalized spacial score (nSPS) is 18.9. The molecule has 1 aromatic rings. The van der Waals surface area contributed by atoms with Crippen LogP contribution < -0.4 is 9.62 Å². The highest BCUT2D eigenvalue weighted by Crippen LogP contribution is 2.32. The van der Waals surface area contributed by atoms with Gasteiger partial charge in [-0.2, -0.15) is 0 Å². The van der Waals surface area contributed by atoms with Gasteiger partial charge in [0.15, 0.2) is 0 Å². The van der Waals surface area contributed by atoms with Crippen LogP contribution in [0.15, 0.2) is 24.3 Å². The van der Waals surface area contributed by atoms with Gasteiger partial charge in [-0.05, 0) is 44.4 Å². The summed E-state index contributed by atoms with van der Waals surface area (Å²) in [5.74, 6) is 0.200. The average molecular weight is 310 g/mol. The third-order valence-corrected chi connectivity index (χ3v) is 5.85. The minimum atomic E-state index is -3.25. The van der Waals surface area contributed by atoms with Crippen molar-refractivity contribution in [3.05, 3.63) is 29.8 Å². The molecule has 1 aliphatic heterocycles. The van der Waals surface area contributed by atoms with E-state index in [2.05, 4.69) is 19.2 Å². The number of nitrogens with zero attached hydrogens (tertiary/aromatic N) is 1. The second kappa shape index (κ2) is 6.79. The first-order valence-electron chi connectivity index (χ1n) is 7.75. The van der Waals surface area contributed by atoms with Gasteiger partial charge in [0.25, 0.3) is 0 Å². The molecule has 0 saturated heterocycles. The molecule has 0 aliphatic carbocycles. The van der Waals surface area contributed by atoms with Gasteiger partial charge in [0, 0.05) is 12.1 Å². The van der Waals surface area contributed by atoms with Crippen molar-refractivity contribution < 1.29 is 8.42 Å². The van der Waals surface area contributed by atoms with Crippen molar-refractivity contribution >= 4 is 15.7 Å². The molecule has 1 atom stereocenters. The molecule has 1 heterocycles. The Morgan fingerprint density at radius 2 is 2.05 bits per heavy atom. The Morgan fingerprint density at radius 1 is 1.33 bits per heavy atom. The van der Waals surface area contributed by atoms with Crippen LogP contribution in [-0.2, 0) is 16.4 Å². The SMILES string of the molecule is CC(C)NCCCS(=O)(=O)N1c2ccccc2CCC1C. The summed E-state index contributed by atoms with van der Waals surface area (Å²) in [6, 6.07) is 8.29. The van der Waals surface area contributed by atoms with Crippen molar-refractivity contribution in [3.8, 4) is 0 Å². The maximum Gasteiger partial charge on any atom is 0.235 e. The molecular weight excluding hydrogens is 284 g/mol. The lowest BCUT2D eigenvalue weighted by atomic mass is 9.99. The molecule has 0 fully saturated rings. The molecule has 0 aromatic heterocycles. The third kappa shape index (κ3) is 3.98. The van der Waals surface area contributed by atoms with E-state index in [0.29, 0.717) is 12.5 Å². The number of nitrogens with one attached hydrogen (secondary N) is 1. The Balaban J connectivity index is 2.12. The largest absolute Gasteiger partial charge is 0.314 e. The van der Waals surface area contributed by atoms with E-state index in [4.69, 9.17) is 0 Å². The number of para-hydroxylation sites is 1. The Hall–Kier alpha value is -1.07. The second-order valence-corrected chi connectivity index (χ2v) is 8.06. The summed E-state index contributed by atoms with van der Waals surface area (Å²) < 4.78 is 27.0. The molecule has 5 heteroatoms. The number of fused-ring (bicyclic) bond motifs is 1. The van der Waals surface area contributed by atoms with Crippen LogP contribution in [0.25, 0.3) is 0 Å². The summed E-state index contributed by atoms with van der Waals surface area (Å²) in [6.45, 7) is 6.87. The maximum atomic E-state index is 12.7. The van der Waals surface area contributed by atoms with Gasteiger partial charge in [0.2, 0.25) is 10.0 Å². The summed E-state index contributed by atoms with van der Waals surface area (Å²) in [5, 5.41) is 3.27. The van der Waals surface area contributed by atoms with Gasteiger partial charge in [-0.1, -0.05) is 32.0 Å². The summed E-state index contributed by atoms with van der Waals surface area (Å²) in [4.78, 5) is 0. The summed E-state index contributed by atoms with van der Waals surface area (Å²) in [6.07, 6.45) is 2.49. The van der Waals surface area contributed by atoms with E-state index in [9.17, 15) is 8.42 Å². The van der Waals surface area contributed by atoms with Crippen LogP contribution in [0.2, 0.25) is 0 Å². The minimum Gasteiger partial charge on any atom is -0.314 e. The van der Waals surface area contributed by atoms with E-state index in [0.717, 1.165) is 30.6 Å². The molecule has 0 spiro atoms. The lowest BCUT2D eigenvalue weighted by Crippen LogP contribution is -2.43. The number of rotatable bonds is 6. The van der Waals surface area contributed by atoms with Crippen molar-refractivity contribution in [2.75, 3.05) is 16.6 Å². The van der Waals surface area contributed by atoms with Gasteiger partial charge in [-0.3, -0.25) is 4.31 Å². The van der Waals surface area contributed by atoms with Crippen molar-refractivity contribution in [1.29, 1.82) is 0 Å². The van der Waals surface area contributed by atoms with Crippen molar-refractivity contribution in [1.82, 2.24) is 5.32 Å². The molecule has 0 bridgehead atoms. The van der Waals surface area contributed by atoms with Crippen LogP contribution in [0, 0.1) is 0 Å². The molecule has 118 valence electrons. The van der Waals surface area contributed by atoms with E-state index in [1.807, 2.05) is 31.2 Å². The van der Waals surface area contributed by atoms with E-state index >= 15 is 0 Å². The highest BCUT2D eigenvalue weighted by molar-refractivity contribution is 7.92. The van der Waals surface area contributed by atoms with Crippen LogP contribution in [-0.4, -0.2) is 32.8 Å². The lowest BCUT2D eigenvalue weighted by Gasteiger charge is -2.36. The smallest absolute Gasteiger partial charge is 0.235 e. The zero-order chi connectivity index (χ0) is 15.5. The first-order valence-corrected chi connectivity index (χ1v) is 9.36. The molecule has 0 saturated carbocycles. The zero-order valence-corrected chi connectivity index (χ0v) is 14.0. The fourth-order valence-electron chi connectivity index (χ4n) is 2.82. The van der Waals surface area contributed by atoms with Crippen molar-refractivity contribution in [2.24, 2.45) is 0 Å². The Bertz CT molecular complexity index is 569. The van der Waals surface area contributed by atoms with E-state index < -0.39 is 10.0 Å². The number of aryl methyl sites for hydroxylation is 1. The highest BCUT2D eigenvalue weighted by Gasteiger charge is 2.31. The molecule has 4 nitrogen and oxygen atoms in total. The summed E-state index contributed by atoms with van der Waals surface area (Å²) in [7, 11) is -3.25. The Labute approximate surface area is 128 Å². The molecule has 0 radical (unpaired) electrons. The van der Waals surface area contributed by atoms with Crippen molar-refractivity contribution in [2.45, 2.75) is 52.1 Å². The van der Waals surface area contributed by atoms with Crippen molar-refractivity contribution in [3.63, 3.8) is 0 Å². The fraction of sp³-hybridized carbons (Fsp3) is 0.625. The zero-order valence-electron chi connectivity index (χ0n) is 13.2. The van der Waals surface area contributed by atoms with Gasteiger partial charge in [0.1, 0.15) is 0 Å². The standard InChI is InChI=1S/C16H26N2O2S/c1-13(2)17-11-6-12-21(19,20)18-14(3)9-10-15-7-4-5-8-16(15)18/h4-5,7-8,13-14,17H,6,9-12H2,1-3H3. The molecule has 1 unspecified atom stereocenters. The van der Waals surface area contributed by atoms with E-state index in [1.165, 1.54) is 0 Å². The number of anilines is 1. The molecule has 1 aromatic carbocycles. The monoisotopic (exact) mass is 310 g/mol. The quantitative estimate of drug-likeness (QED) is 0.822. The van der Waals surface area contributed by atoms with Gasteiger partial charge < -0.3 is 5.32 Å². The topological polar surface area (TPSA) is 49.4 Å². The maximum absolute atomic E-state index is 12.7. The predicted molar refractivity (Wildman–Crippen MR) is 88.2 cm³/mol. The molecule has 1 N–H and O–H groups in total. The first kappa shape index (κ1) is 16.3. The molecule has 1 aliphatic rings. The van der Waals surface area contributed by atoms with Gasteiger partial charge in [-0.25, -0.2) is 8.42 Å². The highest BCUT2D eigenvalue weighted by atomic mass is 32.2. The van der Waals surface area contributed by atoms with Crippen LogP contribution in [0.1, 0.15) is 39.2 Å². The molecular formula is C16H26N2O2S. The lowest BCUT2D eigenvalue weighted by molar-refractivity contribution is 0.551. The first-order chi connectivity index (χ1) is 9.92. The van der Waals surface area contributed by atoms with Gasteiger partial charge in [-0.15, -0.1) is 0 Å². The fourth-order valence-corrected chi connectivity index (χ4v) is 4.66. The van der Waals surface area contributed by atoms with E-state index in [1.54, 1.807) is 4.31 Å². The number of hydrogen-bond acceptors (Lipinski definition) is 3. The molecule has 0 amide bonds. The number of sulfonamides is 1. The number of benzene rings is 1. The second-order valence-electron chi connectivity index (χ2n) is 6.09. The Kier molecular flexibility index (Phi) is 5.27. The average Bonchev–Trinajstić information content (AvgIpc) is 2.43.